The third kappa shape index (κ3) is 7.72. The number of hydrogen-bond donors (Lipinski definition) is 4. The van der Waals surface area contributed by atoms with Crippen LogP contribution < -0.4 is 20.9 Å². The number of nitrogens with one attached hydrogen (secondary N) is 3. The van der Waals surface area contributed by atoms with E-state index in [1.807, 2.05) is 73.7 Å². The minimum absolute atomic E-state index is 0.117. The summed E-state index contributed by atoms with van der Waals surface area (Å²) in [6, 6.07) is 22.9. The summed E-state index contributed by atoms with van der Waals surface area (Å²) < 4.78 is 31.7. The number of alkyl halides is 3. The minimum Gasteiger partial charge on any atom is -0.475 e. The number of halogens is 3. The Labute approximate surface area is 240 Å². The van der Waals surface area contributed by atoms with Gasteiger partial charge in [0.15, 0.2) is 0 Å². The zero-order valence-electron chi connectivity index (χ0n) is 22.7. The first-order chi connectivity index (χ1) is 20.0. The molecule has 3 aromatic rings. The van der Waals surface area contributed by atoms with Crippen LogP contribution in [-0.4, -0.2) is 61.1 Å². The average Bonchev–Trinajstić information content (AvgIpc) is 3.39. The number of aliphatic imine (C=N–C) groups is 1. The Morgan fingerprint density at radius 2 is 1.55 bits per heavy atom. The normalized spacial score (nSPS) is 15.0. The molecule has 2 aliphatic heterocycles. The summed E-state index contributed by atoms with van der Waals surface area (Å²) in [6.45, 7) is 6.29. The molecule has 2 aliphatic rings. The van der Waals surface area contributed by atoms with Crippen molar-refractivity contribution in [3.05, 3.63) is 101 Å². The number of aliphatic carboxylic acids is 1. The van der Waals surface area contributed by atoms with Crippen molar-refractivity contribution >= 4 is 29.3 Å². The van der Waals surface area contributed by atoms with Crippen LogP contribution in [0.2, 0.25) is 0 Å². The number of amides is 2. The number of fused-ring (bicyclic) bond motifs is 1. The number of piperazine rings is 1. The lowest BCUT2D eigenvalue weighted by atomic mass is 10.0. The Morgan fingerprint density at radius 3 is 2.17 bits per heavy atom. The summed E-state index contributed by atoms with van der Waals surface area (Å²) in [5.74, 6) is -2.63. The fourth-order valence-electron chi connectivity index (χ4n) is 4.46. The second-order valence-corrected chi connectivity index (χ2v) is 9.68. The molecule has 1 atom stereocenters. The van der Waals surface area contributed by atoms with Crippen molar-refractivity contribution in [3.63, 3.8) is 0 Å². The Balaban J connectivity index is 0.000000517. The van der Waals surface area contributed by atoms with Gasteiger partial charge in [0.25, 0.3) is 11.8 Å². The maximum Gasteiger partial charge on any atom is 0.490 e. The van der Waals surface area contributed by atoms with E-state index in [1.165, 1.54) is 0 Å². The van der Waals surface area contributed by atoms with Gasteiger partial charge in [-0.1, -0.05) is 36.4 Å². The van der Waals surface area contributed by atoms with Crippen LogP contribution in [0.5, 0.6) is 0 Å². The average molecular weight is 582 g/mol. The summed E-state index contributed by atoms with van der Waals surface area (Å²) >= 11 is 0. The highest BCUT2D eigenvalue weighted by molar-refractivity contribution is 6.15. The van der Waals surface area contributed by atoms with E-state index < -0.39 is 12.1 Å². The molecule has 0 spiro atoms. The molecule has 1 unspecified atom stereocenters. The van der Waals surface area contributed by atoms with Gasteiger partial charge in [0.05, 0.1) is 12.6 Å². The second-order valence-electron chi connectivity index (χ2n) is 9.68. The fourth-order valence-corrected chi connectivity index (χ4v) is 4.46. The van der Waals surface area contributed by atoms with Crippen molar-refractivity contribution in [2.45, 2.75) is 25.7 Å². The molecule has 5 rings (SSSR count). The van der Waals surface area contributed by atoms with Crippen molar-refractivity contribution < 1.29 is 32.7 Å². The highest BCUT2D eigenvalue weighted by Gasteiger charge is 2.38. The van der Waals surface area contributed by atoms with Crippen molar-refractivity contribution in [3.8, 4) is 0 Å². The zero-order valence-corrected chi connectivity index (χ0v) is 22.7. The fraction of sp³-hybridized carbons (Fsp3) is 0.267. The number of carboxylic acids is 1. The molecule has 9 nitrogen and oxygen atoms in total. The number of carbonyl (C=O) groups excluding carboxylic acids is 2. The van der Waals surface area contributed by atoms with E-state index >= 15 is 0 Å². The predicted molar refractivity (Wildman–Crippen MR) is 152 cm³/mol. The van der Waals surface area contributed by atoms with Crippen molar-refractivity contribution in [2.24, 2.45) is 4.99 Å². The van der Waals surface area contributed by atoms with Gasteiger partial charge >= 0.3 is 12.1 Å². The number of benzene rings is 3. The van der Waals surface area contributed by atoms with Crippen molar-refractivity contribution in [1.82, 2.24) is 16.0 Å². The van der Waals surface area contributed by atoms with Crippen LogP contribution in [0, 0.1) is 0 Å². The Morgan fingerprint density at radius 1 is 0.929 bits per heavy atom. The molecule has 3 aromatic carbocycles. The van der Waals surface area contributed by atoms with Crippen LogP contribution in [0.25, 0.3) is 0 Å². The molecule has 0 radical (unpaired) electrons. The maximum absolute atomic E-state index is 12.9. The lowest BCUT2D eigenvalue weighted by Crippen LogP contribution is -2.43. The van der Waals surface area contributed by atoms with Crippen LogP contribution in [0.4, 0.5) is 18.9 Å². The lowest BCUT2D eigenvalue weighted by molar-refractivity contribution is -0.192. The molecule has 0 bridgehead atoms. The van der Waals surface area contributed by atoms with Crippen LogP contribution in [0.15, 0.2) is 77.8 Å². The molecule has 1 saturated heterocycles. The highest BCUT2D eigenvalue weighted by Crippen LogP contribution is 2.22. The largest absolute Gasteiger partial charge is 0.490 e. The topological polar surface area (TPSA) is 123 Å². The van der Waals surface area contributed by atoms with Gasteiger partial charge < -0.3 is 26.0 Å². The molecule has 4 N–H and O–H groups in total. The number of anilines is 1. The van der Waals surface area contributed by atoms with Crippen molar-refractivity contribution in [2.75, 3.05) is 31.1 Å². The van der Waals surface area contributed by atoms with Crippen molar-refractivity contribution in [1.29, 1.82) is 0 Å². The van der Waals surface area contributed by atoms with E-state index in [1.54, 1.807) is 6.07 Å². The molecule has 2 amide bonds. The number of amidine groups is 1. The molecule has 1 fully saturated rings. The SMILES string of the molecule is CC(NC(=O)c1ccc2c(c1)C(NC(=O)c1ccc(N3CCNCC3)cc1)=NC2)c1ccccc1.O=C(O)C(F)(F)F. The quantitative estimate of drug-likeness (QED) is 0.363. The van der Waals surface area contributed by atoms with E-state index in [4.69, 9.17) is 9.90 Å². The van der Waals surface area contributed by atoms with Gasteiger partial charge in [-0.25, -0.2) is 4.79 Å². The number of carboxylic acid groups (broad SMARTS) is 1. The van der Waals surface area contributed by atoms with Crippen LogP contribution in [-0.2, 0) is 11.3 Å². The lowest BCUT2D eigenvalue weighted by Gasteiger charge is -2.29. The molecule has 0 aromatic heterocycles. The van der Waals surface area contributed by atoms with Crippen LogP contribution in [0.3, 0.4) is 0 Å². The molecule has 0 saturated carbocycles. The standard InChI is InChI=1S/C28H29N5O2.C2HF3O2/c1-19(20-5-3-2-4-6-20)31-28(35)22-7-8-23-18-30-26(25(23)17-22)32-27(34)21-9-11-24(12-10-21)33-15-13-29-14-16-33;3-2(4,5)1(6)7/h2-12,17,19,29H,13-16,18H2,1H3,(H,31,35)(H,30,32,34);(H,6,7). The molecule has 42 heavy (non-hydrogen) atoms. The van der Waals surface area contributed by atoms with Gasteiger partial charge in [-0.3, -0.25) is 14.6 Å². The molecule has 220 valence electrons. The van der Waals surface area contributed by atoms with Gasteiger partial charge in [0, 0.05) is 48.6 Å². The number of carbonyl (C=O) groups is 3. The summed E-state index contributed by atoms with van der Waals surface area (Å²) in [6.07, 6.45) is -5.08. The van der Waals surface area contributed by atoms with E-state index in [9.17, 15) is 22.8 Å². The second kappa shape index (κ2) is 13.3. The maximum atomic E-state index is 12.9. The first kappa shape index (κ1) is 30.3. The Hall–Kier alpha value is -4.71. The van der Waals surface area contributed by atoms with Gasteiger partial charge in [-0.05, 0) is 54.4 Å². The summed E-state index contributed by atoms with van der Waals surface area (Å²) in [7, 11) is 0. The Bertz CT molecular complexity index is 1450. The van der Waals surface area contributed by atoms with E-state index in [0.717, 1.165) is 48.6 Å². The first-order valence-corrected chi connectivity index (χ1v) is 13.2. The van der Waals surface area contributed by atoms with E-state index in [2.05, 4.69) is 25.8 Å². The highest BCUT2D eigenvalue weighted by atomic mass is 19.4. The van der Waals surface area contributed by atoms with Gasteiger partial charge in [-0.2, -0.15) is 13.2 Å². The number of nitrogens with zero attached hydrogens (tertiary/aromatic N) is 2. The number of rotatable bonds is 5. The monoisotopic (exact) mass is 581 g/mol. The molecule has 12 heteroatoms. The molecular formula is C30H30F3N5O4. The van der Waals surface area contributed by atoms with Gasteiger partial charge in [0.2, 0.25) is 0 Å². The van der Waals surface area contributed by atoms with E-state index in [0.29, 0.717) is 23.5 Å². The molecular weight excluding hydrogens is 551 g/mol. The molecule has 2 heterocycles. The minimum atomic E-state index is -5.08. The predicted octanol–water partition coefficient (Wildman–Crippen LogP) is 3.91. The van der Waals surface area contributed by atoms with Gasteiger partial charge in [0.1, 0.15) is 5.84 Å². The van der Waals surface area contributed by atoms with E-state index in [-0.39, 0.29) is 17.9 Å². The summed E-state index contributed by atoms with van der Waals surface area (Å²) in [5, 5.41) is 16.5. The zero-order chi connectivity index (χ0) is 30.3. The third-order valence-corrected chi connectivity index (χ3v) is 6.77. The van der Waals surface area contributed by atoms with Crippen LogP contribution >= 0.6 is 0 Å². The molecule has 0 aliphatic carbocycles. The summed E-state index contributed by atoms with van der Waals surface area (Å²) in [5.41, 5.74) is 5.05. The summed E-state index contributed by atoms with van der Waals surface area (Å²) in [4.78, 5) is 41.5. The smallest absolute Gasteiger partial charge is 0.475 e. The first-order valence-electron chi connectivity index (χ1n) is 13.2. The van der Waals surface area contributed by atoms with Gasteiger partial charge in [-0.15, -0.1) is 0 Å². The Kier molecular flexibility index (Phi) is 9.58. The number of hydrogen-bond acceptors (Lipinski definition) is 6. The third-order valence-electron chi connectivity index (χ3n) is 6.77. The van der Waals surface area contributed by atoms with Crippen LogP contribution in [0.1, 0.15) is 50.4 Å².